The number of benzene rings is 1. The molecule has 2 heterocycles. The van der Waals surface area contributed by atoms with Crippen LogP contribution in [0.5, 0.6) is 11.6 Å². The summed E-state index contributed by atoms with van der Waals surface area (Å²) in [5, 5.41) is 20.0. The molecule has 7 heteroatoms. The Labute approximate surface area is 186 Å². The Morgan fingerprint density at radius 3 is 2.75 bits per heavy atom. The van der Waals surface area contributed by atoms with E-state index in [9.17, 15) is 9.90 Å². The second-order valence-electron chi connectivity index (χ2n) is 10.2. The van der Waals surface area contributed by atoms with Crippen molar-refractivity contribution in [3.63, 3.8) is 0 Å². The van der Waals surface area contributed by atoms with Crippen LogP contribution in [0.2, 0.25) is 0 Å². The highest BCUT2D eigenvalue weighted by atomic mass is 19.1. The van der Waals surface area contributed by atoms with Gasteiger partial charge in [0.25, 0.3) is 5.56 Å². The minimum absolute atomic E-state index is 0.0476. The lowest BCUT2D eigenvalue weighted by atomic mass is 9.55. The van der Waals surface area contributed by atoms with Crippen LogP contribution in [0.4, 0.5) is 4.39 Å². The zero-order chi connectivity index (χ0) is 22.7. The van der Waals surface area contributed by atoms with Crippen molar-refractivity contribution in [2.75, 3.05) is 0 Å². The van der Waals surface area contributed by atoms with E-state index in [0.717, 1.165) is 25.7 Å². The van der Waals surface area contributed by atoms with Crippen LogP contribution < -0.4 is 10.3 Å². The molecule has 168 valence electrons. The molecule has 5 rings (SSSR count). The number of phenols is 1. The number of fused-ring (bicyclic) bond motifs is 3. The molecule has 3 aromatic rings. The van der Waals surface area contributed by atoms with Gasteiger partial charge in [-0.15, -0.1) is 10.2 Å². The molecule has 4 atom stereocenters. The minimum atomic E-state index is -1.04. The number of aromatic nitrogens is 3. The molecule has 1 N–H and O–H groups in total. The lowest BCUT2D eigenvalue weighted by Crippen LogP contribution is -2.53. The molecule has 0 spiro atoms. The number of nitrogens with zero attached hydrogens (tertiary/aromatic N) is 3. The van der Waals surface area contributed by atoms with E-state index in [1.807, 2.05) is 13.0 Å². The number of halogens is 1. The summed E-state index contributed by atoms with van der Waals surface area (Å²) in [6.45, 7) is 4.27. The maximum atomic E-state index is 15.3. The van der Waals surface area contributed by atoms with E-state index in [2.05, 4.69) is 17.1 Å². The van der Waals surface area contributed by atoms with E-state index in [4.69, 9.17) is 4.74 Å². The van der Waals surface area contributed by atoms with E-state index >= 15 is 4.39 Å². The van der Waals surface area contributed by atoms with E-state index in [-0.39, 0.29) is 28.0 Å². The topological polar surface area (TPSA) is 77.2 Å². The van der Waals surface area contributed by atoms with Crippen LogP contribution in [0, 0.1) is 10.8 Å². The Hall–Kier alpha value is -2.96. The highest BCUT2D eigenvalue weighted by Gasteiger charge is 2.54. The molecule has 0 radical (unpaired) electrons. The summed E-state index contributed by atoms with van der Waals surface area (Å²) < 4.78 is 22.8. The van der Waals surface area contributed by atoms with Gasteiger partial charge in [0.2, 0.25) is 5.88 Å². The summed E-state index contributed by atoms with van der Waals surface area (Å²) in [6, 6.07) is 8.35. The van der Waals surface area contributed by atoms with Gasteiger partial charge in [0.05, 0.1) is 11.1 Å². The number of rotatable bonds is 3. The lowest BCUT2D eigenvalue weighted by molar-refractivity contribution is -0.107. The van der Waals surface area contributed by atoms with Crippen LogP contribution in [-0.4, -0.2) is 32.1 Å². The fourth-order valence-corrected chi connectivity index (χ4v) is 5.88. The molecule has 2 saturated carbocycles. The molecule has 0 unspecified atom stereocenters. The Morgan fingerprint density at radius 2 is 2.00 bits per heavy atom. The molecule has 2 aliphatic carbocycles. The van der Waals surface area contributed by atoms with Gasteiger partial charge in [0.1, 0.15) is 18.0 Å². The van der Waals surface area contributed by atoms with Gasteiger partial charge in [-0.05, 0) is 60.7 Å². The maximum absolute atomic E-state index is 15.3. The van der Waals surface area contributed by atoms with E-state index < -0.39 is 12.3 Å². The van der Waals surface area contributed by atoms with Gasteiger partial charge in [0, 0.05) is 30.3 Å². The second-order valence-corrected chi connectivity index (χ2v) is 10.2. The number of pyridine rings is 1. The highest BCUT2D eigenvalue weighted by Crippen LogP contribution is 2.56. The molecule has 0 amide bonds. The number of alkyl halides is 1. The van der Waals surface area contributed by atoms with Crippen molar-refractivity contribution < 1.29 is 14.2 Å². The largest absolute Gasteiger partial charge is 0.507 e. The quantitative estimate of drug-likeness (QED) is 0.638. The molecule has 1 aromatic carbocycles. The summed E-state index contributed by atoms with van der Waals surface area (Å²) in [5.74, 6) is 0.233. The average Bonchev–Trinajstić information content (AvgIpc) is 2.75. The van der Waals surface area contributed by atoms with Crippen molar-refractivity contribution in [1.29, 1.82) is 0 Å². The zero-order valence-corrected chi connectivity index (χ0v) is 18.6. The third-order valence-corrected chi connectivity index (χ3v) is 7.43. The fraction of sp³-hybridized carbons (Fsp3) is 0.480. The SMILES string of the molecule is Cn1ccc2cc(-c3ccc(O[C@H]4C[C@]5(C)CCC[C@@](C)(C5)[C@H]4F)nn3)c(O)cc2c1=O. The molecular formula is C25H28FN3O3. The first-order valence-corrected chi connectivity index (χ1v) is 11.1. The van der Waals surface area contributed by atoms with Crippen LogP contribution in [0.3, 0.4) is 0 Å². The van der Waals surface area contributed by atoms with Gasteiger partial charge in [-0.2, -0.15) is 0 Å². The van der Waals surface area contributed by atoms with Crippen molar-refractivity contribution in [3.8, 4) is 22.9 Å². The number of hydrogen-bond donors (Lipinski definition) is 1. The van der Waals surface area contributed by atoms with E-state index in [1.54, 1.807) is 31.4 Å². The van der Waals surface area contributed by atoms with Crippen LogP contribution >= 0.6 is 0 Å². The van der Waals surface area contributed by atoms with Crippen molar-refractivity contribution in [2.24, 2.45) is 17.9 Å². The summed E-state index contributed by atoms with van der Waals surface area (Å²) in [5.41, 5.74) is 0.493. The lowest BCUT2D eigenvalue weighted by Gasteiger charge is -2.53. The first-order valence-electron chi connectivity index (χ1n) is 11.1. The standard InChI is InChI=1S/C25H28FN3O3/c1-24-8-4-9-25(2,14-24)22(26)20(13-24)32-21-6-5-18(27-28-21)17-11-15-7-10-29(3)23(31)16(15)12-19(17)30/h5-7,10-12,20,22,30H,4,8-9,13-14H2,1-3H3/t20-,22-,24-,25-/m0/s1. The highest BCUT2D eigenvalue weighted by molar-refractivity contribution is 5.89. The number of aromatic hydroxyl groups is 1. The van der Waals surface area contributed by atoms with Crippen molar-refractivity contribution >= 4 is 10.8 Å². The van der Waals surface area contributed by atoms with Gasteiger partial charge in [0.15, 0.2) is 0 Å². The molecule has 2 bridgehead atoms. The first-order chi connectivity index (χ1) is 15.2. The number of aryl methyl sites for hydroxylation is 1. The van der Waals surface area contributed by atoms with Crippen LogP contribution in [0.15, 0.2) is 41.3 Å². The molecule has 0 aliphatic heterocycles. The van der Waals surface area contributed by atoms with Crippen LogP contribution in [0.1, 0.15) is 46.0 Å². The Morgan fingerprint density at radius 1 is 1.19 bits per heavy atom. The van der Waals surface area contributed by atoms with Crippen LogP contribution in [-0.2, 0) is 7.05 Å². The maximum Gasteiger partial charge on any atom is 0.258 e. The van der Waals surface area contributed by atoms with Crippen molar-refractivity contribution in [3.05, 3.63) is 46.9 Å². The molecule has 2 fully saturated rings. The third-order valence-electron chi connectivity index (χ3n) is 7.43. The first kappa shape index (κ1) is 20.9. The Balaban J connectivity index is 1.41. The Kier molecular flexibility index (Phi) is 4.76. The van der Waals surface area contributed by atoms with E-state index in [1.165, 1.54) is 10.6 Å². The fourth-order valence-electron chi connectivity index (χ4n) is 5.88. The second kappa shape index (κ2) is 7.29. The monoisotopic (exact) mass is 437 g/mol. The van der Waals surface area contributed by atoms with Gasteiger partial charge in [-0.3, -0.25) is 4.79 Å². The van der Waals surface area contributed by atoms with Gasteiger partial charge in [-0.25, -0.2) is 4.39 Å². The average molecular weight is 438 g/mol. The van der Waals surface area contributed by atoms with Gasteiger partial charge >= 0.3 is 0 Å². The molecule has 6 nitrogen and oxygen atoms in total. The number of phenolic OH excluding ortho intramolecular Hbond substituents is 1. The summed E-state index contributed by atoms with van der Waals surface area (Å²) >= 11 is 0. The summed E-state index contributed by atoms with van der Waals surface area (Å²) in [7, 11) is 1.67. The predicted molar refractivity (Wildman–Crippen MR) is 120 cm³/mol. The predicted octanol–water partition coefficient (Wildman–Crippen LogP) is 4.78. The summed E-state index contributed by atoms with van der Waals surface area (Å²) in [4.78, 5) is 12.3. The number of ether oxygens (including phenoxy) is 1. The molecule has 0 saturated heterocycles. The molecule has 32 heavy (non-hydrogen) atoms. The number of hydrogen-bond acceptors (Lipinski definition) is 5. The smallest absolute Gasteiger partial charge is 0.258 e. The van der Waals surface area contributed by atoms with Gasteiger partial charge < -0.3 is 14.4 Å². The minimum Gasteiger partial charge on any atom is -0.507 e. The van der Waals surface area contributed by atoms with Gasteiger partial charge in [-0.1, -0.05) is 20.3 Å². The third kappa shape index (κ3) is 3.44. The molecule has 2 aromatic heterocycles. The zero-order valence-electron chi connectivity index (χ0n) is 18.6. The molecule has 2 aliphatic rings. The summed E-state index contributed by atoms with van der Waals surface area (Å²) in [6.07, 6.45) is 4.73. The Bertz CT molecular complexity index is 1240. The molecular weight excluding hydrogens is 409 g/mol. The normalized spacial score (nSPS) is 29.8. The van der Waals surface area contributed by atoms with Crippen LogP contribution in [0.25, 0.3) is 22.0 Å². The van der Waals surface area contributed by atoms with Crippen molar-refractivity contribution in [2.45, 2.75) is 58.2 Å². The van der Waals surface area contributed by atoms with E-state index in [0.29, 0.717) is 28.5 Å². The van der Waals surface area contributed by atoms with Crippen molar-refractivity contribution in [1.82, 2.24) is 14.8 Å².